The second-order valence-electron chi connectivity index (χ2n) is 5.95. The van der Waals surface area contributed by atoms with E-state index in [2.05, 4.69) is 5.32 Å². The third-order valence-corrected chi connectivity index (χ3v) is 3.97. The number of rotatable bonds is 7. The molecule has 0 unspecified atom stereocenters. The van der Waals surface area contributed by atoms with Crippen LogP contribution in [0.1, 0.15) is 29.7 Å². The molecule has 0 saturated carbocycles. The second kappa shape index (κ2) is 8.42. The molecule has 1 atom stereocenters. The minimum atomic E-state index is -0.236. The first-order valence-electron chi connectivity index (χ1n) is 8.16. The maximum absolute atomic E-state index is 12.2. The summed E-state index contributed by atoms with van der Waals surface area (Å²) in [7, 11) is 3.20. The minimum absolute atomic E-state index is 0.0411. The summed E-state index contributed by atoms with van der Waals surface area (Å²) in [5.41, 5.74) is 3.02. The van der Waals surface area contributed by atoms with Gasteiger partial charge in [0.05, 0.1) is 20.3 Å². The number of carbonyl (C=O) groups excluding carboxylic acids is 1. The number of hydrogen-bond acceptors (Lipinski definition) is 4. The topological polar surface area (TPSA) is 56.8 Å². The number of hydrogen-bond donors (Lipinski definition) is 1. The molecule has 0 bridgehead atoms. The van der Waals surface area contributed by atoms with E-state index in [1.165, 1.54) is 0 Å². The van der Waals surface area contributed by atoms with Crippen LogP contribution in [0.4, 0.5) is 0 Å². The Balaban J connectivity index is 2.00. The Kier molecular flexibility index (Phi) is 6.28. The fourth-order valence-corrected chi connectivity index (χ4v) is 2.64. The van der Waals surface area contributed by atoms with E-state index >= 15 is 0 Å². The molecule has 0 aromatic heterocycles. The van der Waals surface area contributed by atoms with E-state index in [9.17, 15) is 4.79 Å². The van der Waals surface area contributed by atoms with Crippen LogP contribution in [0, 0.1) is 13.8 Å². The highest BCUT2D eigenvalue weighted by atomic mass is 16.5. The zero-order chi connectivity index (χ0) is 18.4. The molecule has 0 heterocycles. The van der Waals surface area contributed by atoms with Crippen molar-refractivity contribution in [1.82, 2.24) is 5.32 Å². The lowest BCUT2D eigenvalue weighted by atomic mass is 10.1. The van der Waals surface area contributed by atoms with Gasteiger partial charge in [-0.05, 0) is 50.6 Å². The summed E-state index contributed by atoms with van der Waals surface area (Å²) in [6.45, 7) is 5.84. The van der Waals surface area contributed by atoms with Crippen molar-refractivity contribution in [2.24, 2.45) is 0 Å². The lowest BCUT2D eigenvalue weighted by molar-refractivity contribution is -0.123. The molecule has 0 radical (unpaired) electrons. The molecule has 1 amide bonds. The Morgan fingerprint density at radius 2 is 1.76 bits per heavy atom. The van der Waals surface area contributed by atoms with Gasteiger partial charge in [-0.1, -0.05) is 17.7 Å². The van der Waals surface area contributed by atoms with Crippen LogP contribution in [0.15, 0.2) is 36.4 Å². The SMILES string of the molecule is COc1ccc(OC)c([C@H](C)NC(=O)COc2ccc(C)cc2C)c1. The van der Waals surface area contributed by atoms with E-state index in [-0.39, 0.29) is 18.6 Å². The number of methoxy groups -OCH3 is 2. The van der Waals surface area contributed by atoms with Gasteiger partial charge in [0, 0.05) is 5.56 Å². The van der Waals surface area contributed by atoms with Gasteiger partial charge in [0.1, 0.15) is 17.2 Å². The summed E-state index contributed by atoms with van der Waals surface area (Å²) < 4.78 is 16.2. The third-order valence-electron chi connectivity index (χ3n) is 3.97. The molecule has 2 aromatic rings. The van der Waals surface area contributed by atoms with Gasteiger partial charge in [-0.15, -0.1) is 0 Å². The van der Waals surface area contributed by atoms with Gasteiger partial charge in [0.2, 0.25) is 0 Å². The molecular formula is C20H25NO4. The number of aryl methyl sites for hydroxylation is 2. The van der Waals surface area contributed by atoms with Gasteiger partial charge < -0.3 is 19.5 Å². The van der Waals surface area contributed by atoms with Crippen LogP contribution >= 0.6 is 0 Å². The fourth-order valence-electron chi connectivity index (χ4n) is 2.64. The van der Waals surface area contributed by atoms with Crippen molar-refractivity contribution >= 4 is 5.91 Å². The highest BCUT2D eigenvalue weighted by Crippen LogP contribution is 2.29. The van der Waals surface area contributed by atoms with Crippen LogP contribution in [-0.4, -0.2) is 26.7 Å². The molecule has 5 heteroatoms. The van der Waals surface area contributed by atoms with E-state index < -0.39 is 0 Å². The fraction of sp³-hybridized carbons (Fsp3) is 0.350. The number of amides is 1. The molecule has 2 rings (SSSR count). The number of nitrogens with one attached hydrogen (secondary N) is 1. The standard InChI is InChI=1S/C20H25NO4/c1-13-6-8-18(14(2)10-13)25-12-20(22)21-15(3)17-11-16(23-4)7-9-19(17)24-5/h6-11,15H,12H2,1-5H3,(H,21,22)/t15-/m0/s1. The Hall–Kier alpha value is -2.69. The average molecular weight is 343 g/mol. The van der Waals surface area contributed by atoms with Crippen molar-refractivity contribution in [2.45, 2.75) is 26.8 Å². The quantitative estimate of drug-likeness (QED) is 0.835. The van der Waals surface area contributed by atoms with Gasteiger partial charge in [-0.25, -0.2) is 0 Å². The molecule has 0 aliphatic rings. The monoisotopic (exact) mass is 343 g/mol. The van der Waals surface area contributed by atoms with E-state index in [1.54, 1.807) is 14.2 Å². The molecule has 0 saturated heterocycles. The number of benzene rings is 2. The third kappa shape index (κ3) is 4.89. The van der Waals surface area contributed by atoms with Crippen molar-refractivity contribution in [1.29, 1.82) is 0 Å². The molecule has 2 aromatic carbocycles. The van der Waals surface area contributed by atoms with Crippen LogP contribution < -0.4 is 19.5 Å². The predicted octanol–water partition coefficient (Wildman–Crippen LogP) is 3.58. The second-order valence-corrected chi connectivity index (χ2v) is 5.95. The Bertz CT molecular complexity index is 742. The lowest BCUT2D eigenvalue weighted by Gasteiger charge is -2.18. The molecule has 0 aliphatic carbocycles. The van der Waals surface area contributed by atoms with Crippen molar-refractivity contribution in [3.63, 3.8) is 0 Å². The van der Waals surface area contributed by atoms with E-state index in [0.29, 0.717) is 17.2 Å². The highest BCUT2D eigenvalue weighted by Gasteiger charge is 2.16. The van der Waals surface area contributed by atoms with Crippen LogP contribution in [0.5, 0.6) is 17.2 Å². The summed E-state index contributed by atoms with van der Waals surface area (Å²) in [6.07, 6.45) is 0. The highest BCUT2D eigenvalue weighted by molar-refractivity contribution is 5.78. The van der Waals surface area contributed by atoms with Crippen molar-refractivity contribution in [2.75, 3.05) is 20.8 Å². The number of carbonyl (C=O) groups is 1. The van der Waals surface area contributed by atoms with Gasteiger partial charge in [0.15, 0.2) is 6.61 Å². The Morgan fingerprint density at radius 3 is 2.40 bits per heavy atom. The van der Waals surface area contributed by atoms with Gasteiger partial charge >= 0.3 is 0 Å². The predicted molar refractivity (Wildman–Crippen MR) is 97.5 cm³/mol. The number of ether oxygens (including phenoxy) is 3. The zero-order valence-corrected chi connectivity index (χ0v) is 15.4. The van der Waals surface area contributed by atoms with Gasteiger partial charge in [-0.2, -0.15) is 0 Å². The van der Waals surface area contributed by atoms with Gasteiger partial charge in [0.25, 0.3) is 5.91 Å². The molecule has 1 N–H and O–H groups in total. The average Bonchev–Trinajstić information content (AvgIpc) is 2.60. The molecular weight excluding hydrogens is 318 g/mol. The van der Waals surface area contributed by atoms with Crippen LogP contribution in [0.2, 0.25) is 0 Å². The molecule has 134 valence electrons. The summed E-state index contributed by atoms with van der Waals surface area (Å²) in [5.74, 6) is 1.93. The molecule has 5 nitrogen and oxygen atoms in total. The normalized spacial score (nSPS) is 11.6. The summed E-state index contributed by atoms with van der Waals surface area (Å²) >= 11 is 0. The van der Waals surface area contributed by atoms with E-state index in [0.717, 1.165) is 16.7 Å². The zero-order valence-electron chi connectivity index (χ0n) is 15.4. The molecule has 0 aliphatic heterocycles. The summed E-state index contributed by atoms with van der Waals surface area (Å²) in [5, 5.41) is 2.92. The summed E-state index contributed by atoms with van der Waals surface area (Å²) in [6, 6.07) is 11.1. The van der Waals surface area contributed by atoms with Crippen molar-refractivity contribution in [3.05, 3.63) is 53.1 Å². The smallest absolute Gasteiger partial charge is 0.258 e. The first-order chi connectivity index (χ1) is 11.9. The molecule has 25 heavy (non-hydrogen) atoms. The van der Waals surface area contributed by atoms with Crippen molar-refractivity contribution in [3.8, 4) is 17.2 Å². The van der Waals surface area contributed by atoms with Crippen LogP contribution in [0.25, 0.3) is 0 Å². The summed E-state index contributed by atoms with van der Waals surface area (Å²) in [4.78, 5) is 12.2. The maximum Gasteiger partial charge on any atom is 0.258 e. The van der Waals surface area contributed by atoms with Crippen LogP contribution in [0.3, 0.4) is 0 Å². The van der Waals surface area contributed by atoms with Gasteiger partial charge in [-0.3, -0.25) is 4.79 Å². The Morgan fingerprint density at radius 1 is 1.04 bits per heavy atom. The van der Waals surface area contributed by atoms with Crippen LogP contribution in [-0.2, 0) is 4.79 Å². The van der Waals surface area contributed by atoms with E-state index in [4.69, 9.17) is 14.2 Å². The van der Waals surface area contributed by atoms with Crippen molar-refractivity contribution < 1.29 is 19.0 Å². The first kappa shape index (κ1) is 18.6. The first-order valence-corrected chi connectivity index (χ1v) is 8.16. The molecule has 0 fully saturated rings. The molecule has 0 spiro atoms. The Labute approximate surface area is 148 Å². The minimum Gasteiger partial charge on any atom is -0.497 e. The maximum atomic E-state index is 12.2. The largest absolute Gasteiger partial charge is 0.497 e. The lowest BCUT2D eigenvalue weighted by Crippen LogP contribution is -2.31. The van der Waals surface area contributed by atoms with E-state index in [1.807, 2.05) is 57.2 Å².